The van der Waals surface area contributed by atoms with E-state index in [9.17, 15) is 10.2 Å². The van der Waals surface area contributed by atoms with Crippen molar-refractivity contribution in [1.82, 2.24) is 0 Å². The number of hydrogen-bond acceptors (Lipinski definition) is 4. The van der Waals surface area contributed by atoms with Gasteiger partial charge in [0.05, 0.1) is 0 Å². The molecule has 0 atom stereocenters. The van der Waals surface area contributed by atoms with Crippen LogP contribution in [0.4, 0.5) is 11.4 Å². The number of anilines is 2. The molecular weight excluding hydrogens is 324 g/mol. The lowest BCUT2D eigenvalue weighted by Gasteiger charge is -2.39. The maximum Gasteiger partial charge on any atom is 0.116 e. The van der Waals surface area contributed by atoms with Crippen molar-refractivity contribution in [2.75, 3.05) is 36.0 Å². The Hall–Kier alpha value is -2.36. The Balaban J connectivity index is 1.74. The number of aromatic hydroxyl groups is 2. The number of nitrogens with zero attached hydrogens (tertiary/aromatic N) is 2. The summed E-state index contributed by atoms with van der Waals surface area (Å²) in [5.41, 5.74) is 4.97. The predicted octanol–water partition coefficient (Wildman–Crippen LogP) is 4.33. The van der Waals surface area contributed by atoms with Crippen LogP contribution in [0.3, 0.4) is 0 Å². The summed E-state index contributed by atoms with van der Waals surface area (Å²) in [6, 6.07) is 11.5. The van der Waals surface area contributed by atoms with Gasteiger partial charge in [-0.25, -0.2) is 0 Å². The molecule has 1 aliphatic rings. The lowest BCUT2D eigenvalue weighted by molar-refractivity contribution is 0.473. The molecule has 3 rings (SSSR count). The van der Waals surface area contributed by atoms with Gasteiger partial charge in [-0.1, -0.05) is 26.7 Å². The first-order valence-corrected chi connectivity index (χ1v) is 9.76. The molecule has 1 fully saturated rings. The molecule has 0 aromatic heterocycles. The van der Waals surface area contributed by atoms with E-state index in [1.165, 1.54) is 22.5 Å². The van der Waals surface area contributed by atoms with E-state index in [4.69, 9.17) is 0 Å². The van der Waals surface area contributed by atoms with Gasteiger partial charge in [-0.05, 0) is 60.4 Å². The van der Waals surface area contributed by atoms with E-state index < -0.39 is 0 Å². The molecule has 1 saturated heterocycles. The second-order valence-corrected chi connectivity index (χ2v) is 7.10. The molecule has 0 radical (unpaired) electrons. The third-order valence-electron chi connectivity index (χ3n) is 5.13. The largest absolute Gasteiger partial charge is 0.508 e. The molecule has 1 heterocycles. The van der Waals surface area contributed by atoms with Crippen LogP contribution in [0.2, 0.25) is 0 Å². The van der Waals surface area contributed by atoms with Crippen LogP contribution >= 0.6 is 0 Å². The van der Waals surface area contributed by atoms with Crippen LogP contribution in [0.5, 0.6) is 11.5 Å². The highest BCUT2D eigenvalue weighted by Crippen LogP contribution is 2.30. The van der Waals surface area contributed by atoms with Crippen molar-refractivity contribution in [3.8, 4) is 11.5 Å². The van der Waals surface area contributed by atoms with E-state index in [2.05, 4.69) is 35.8 Å². The second-order valence-electron chi connectivity index (χ2n) is 7.10. The van der Waals surface area contributed by atoms with Gasteiger partial charge in [0.2, 0.25) is 0 Å². The molecule has 2 aromatic rings. The van der Waals surface area contributed by atoms with Crippen molar-refractivity contribution >= 4 is 11.4 Å². The minimum Gasteiger partial charge on any atom is -0.508 e. The van der Waals surface area contributed by atoms with Crippen molar-refractivity contribution in [2.24, 2.45) is 0 Å². The van der Waals surface area contributed by atoms with Crippen molar-refractivity contribution in [1.29, 1.82) is 0 Å². The Morgan fingerprint density at radius 3 is 1.42 bits per heavy atom. The standard InChI is InChI=1S/C22H30N2O2/c1-3-5-17-15-19(25)7-9-21(17)23-11-13-24(14-12-23)22-10-8-20(26)16-18(22)6-4-2/h7-10,15-16,25-26H,3-6,11-14H2,1-2H3. The van der Waals surface area contributed by atoms with Gasteiger partial charge in [-0.3, -0.25) is 0 Å². The molecule has 26 heavy (non-hydrogen) atoms. The molecule has 0 unspecified atom stereocenters. The molecule has 4 nitrogen and oxygen atoms in total. The number of aryl methyl sites for hydroxylation is 2. The topological polar surface area (TPSA) is 46.9 Å². The smallest absolute Gasteiger partial charge is 0.116 e. The summed E-state index contributed by atoms with van der Waals surface area (Å²) in [5.74, 6) is 0.702. The van der Waals surface area contributed by atoms with Crippen LogP contribution in [0, 0.1) is 0 Å². The summed E-state index contributed by atoms with van der Waals surface area (Å²) < 4.78 is 0. The molecule has 4 heteroatoms. The van der Waals surface area contributed by atoms with Crippen LogP contribution in [0.1, 0.15) is 37.8 Å². The average Bonchev–Trinajstić information content (AvgIpc) is 2.63. The monoisotopic (exact) mass is 354 g/mol. The van der Waals surface area contributed by atoms with Gasteiger partial charge in [0.1, 0.15) is 11.5 Å². The molecule has 1 aliphatic heterocycles. The highest BCUT2D eigenvalue weighted by Gasteiger charge is 2.21. The lowest BCUT2D eigenvalue weighted by atomic mass is 10.0. The van der Waals surface area contributed by atoms with Crippen molar-refractivity contribution in [3.63, 3.8) is 0 Å². The molecule has 0 amide bonds. The maximum atomic E-state index is 9.81. The van der Waals surface area contributed by atoms with Gasteiger partial charge in [-0.2, -0.15) is 0 Å². The zero-order valence-electron chi connectivity index (χ0n) is 15.9. The Morgan fingerprint density at radius 2 is 1.08 bits per heavy atom. The zero-order valence-corrected chi connectivity index (χ0v) is 15.9. The molecule has 0 saturated carbocycles. The molecule has 0 spiro atoms. The highest BCUT2D eigenvalue weighted by molar-refractivity contribution is 5.60. The first-order valence-electron chi connectivity index (χ1n) is 9.76. The SMILES string of the molecule is CCCc1cc(O)ccc1N1CCN(c2ccc(O)cc2CCC)CC1. The molecule has 2 aromatic carbocycles. The Labute approximate surface area is 156 Å². The maximum absolute atomic E-state index is 9.81. The van der Waals surface area contributed by atoms with Gasteiger partial charge in [0.25, 0.3) is 0 Å². The first-order chi connectivity index (χ1) is 12.6. The van der Waals surface area contributed by atoms with Gasteiger partial charge < -0.3 is 20.0 Å². The van der Waals surface area contributed by atoms with E-state index in [-0.39, 0.29) is 0 Å². The van der Waals surface area contributed by atoms with Crippen LogP contribution in [-0.2, 0) is 12.8 Å². The molecule has 2 N–H and O–H groups in total. The van der Waals surface area contributed by atoms with E-state index in [1.807, 2.05) is 12.1 Å². The number of benzene rings is 2. The fourth-order valence-corrected chi connectivity index (χ4v) is 3.89. The summed E-state index contributed by atoms with van der Waals surface area (Å²) in [6.45, 7) is 8.21. The number of phenols is 2. The molecular formula is C22H30N2O2. The Morgan fingerprint density at radius 1 is 0.692 bits per heavy atom. The minimum atomic E-state index is 0.351. The summed E-state index contributed by atoms with van der Waals surface area (Å²) in [5, 5.41) is 19.6. The highest BCUT2D eigenvalue weighted by atomic mass is 16.3. The van der Waals surface area contributed by atoms with Crippen LogP contribution in [-0.4, -0.2) is 36.4 Å². The van der Waals surface area contributed by atoms with Crippen LogP contribution in [0.25, 0.3) is 0 Å². The van der Waals surface area contributed by atoms with Gasteiger partial charge in [-0.15, -0.1) is 0 Å². The summed E-state index contributed by atoms with van der Waals surface area (Å²) in [7, 11) is 0. The van der Waals surface area contributed by atoms with Gasteiger partial charge >= 0.3 is 0 Å². The van der Waals surface area contributed by atoms with E-state index in [1.54, 1.807) is 12.1 Å². The molecule has 0 aliphatic carbocycles. The van der Waals surface area contributed by atoms with Gasteiger partial charge in [0.15, 0.2) is 0 Å². The van der Waals surface area contributed by atoms with Crippen LogP contribution in [0.15, 0.2) is 36.4 Å². The molecule has 140 valence electrons. The van der Waals surface area contributed by atoms with Crippen LogP contribution < -0.4 is 9.80 Å². The lowest BCUT2D eigenvalue weighted by Crippen LogP contribution is -2.47. The zero-order chi connectivity index (χ0) is 18.5. The fourth-order valence-electron chi connectivity index (χ4n) is 3.89. The summed E-state index contributed by atoms with van der Waals surface area (Å²) in [6.07, 6.45) is 4.12. The first kappa shape index (κ1) is 18.4. The average molecular weight is 354 g/mol. The van der Waals surface area contributed by atoms with E-state index >= 15 is 0 Å². The van der Waals surface area contributed by atoms with Crippen molar-refractivity contribution in [3.05, 3.63) is 47.5 Å². The summed E-state index contributed by atoms with van der Waals surface area (Å²) in [4.78, 5) is 4.86. The minimum absolute atomic E-state index is 0.351. The van der Waals surface area contributed by atoms with Gasteiger partial charge in [0, 0.05) is 37.6 Å². The van der Waals surface area contributed by atoms with E-state index in [0.29, 0.717) is 11.5 Å². The third kappa shape index (κ3) is 4.06. The number of rotatable bonds is 6. The number of hydrogen-bond donors (Lipinski definition) is 2. The Kier molecular flexibility index (Phi) is 5.92. The van der Waals surface area contributed by atoms with Crippen molar-refractivity contribution < 1.29 is 10.2 Å². The quantitative estimate of drug-likeness (QED) is 0.811. The Bertz CT molecular complexity index is 673. The summed E-state index contributed by atoms with van der Waals surface area (Å²) >= 11 is 0. The third-order valence-corrected chi connectivity index (χ3v) is 5.13. The molecule has 0 bridgehead atoms. The number of piperazine rings is 1. The second kappa shape index (κ2) is 8.35. The normalized spacial score (nSPS) is 14.7. The number of phenolic OH excluding ortho intramolecular Hbond substituents is 2. The fraction of sp³-hybridized carbons (Fsp3) is 0.455. The van der Waals surface area contributed by atoms with E-state index in [0.717, 1.165) is 51.9 Å². The predicted molar refractivity (Wildman–Crippen MR) is 109 cm³/mol. The van der Waals surface area contributed by atoms with Crippen molar-refractivity contribution in [2.45, 2.75) is 39.5 Å².